The quantitative estimate of drug-likeness (QED) is 0.354. The first kappa shape index (κ1) is 22.2. The number of anilines is 1. The maximum absolute atomic E-state index is 12.5. The zero-order chi connectivity index (χ0) is 21.7. The number of amides is 1. The maximum atomic E-state index is 12.5. The van der Waals surface area contributed by atoms with Crippen molar-refractivity contribution in [1.82, 2.24) is 14.8 Å². The van der Waals surface area contributed by atoms with Crippen LogP contribution in [0.25, 0.3) is 11.4 Å². The van der Waals surface area contributed by atoms with Gasteiger partial charge >= 0.3 is 0 Å². The fraction of sp³-hybridized carbons (Fsp3) is 0.190. The van der Waals surface area contributed by atoms with Gasteiger partial charge in [-0.15, -0.1) is 16.8 Å². The third kappa shape index (κ3) is 4.98. The first-order chi connectivity index (χ1) is 14.4. The Balaban J connectivity index is 1.80. The molecule has 0 unspecified atom stereocenters. The first-order valence-corrected chi connectivity index (χ1v) is 10.7. The third-order valence-electron chi connectivity index (χ3n) is 4.31. The smallest absolute Gasteiger partial charge is 0.234 e. The lowest BCUT2D eigenvalue weighted by atomic mass is 10.2. The number of aromatic nitrogens is 3. The van der Waals surface area contributed by atoms with Crippen molar-refractivity contribution in [1.29, 1.82) is 0 Å². The van der Waals surface area contributed by atoms with Crippen LogP contribution in [0.1, 0.15) is 5.56 Å². The SMILES string of the molecule is C=CCn1c(SCC(=O)Nc2cccc(Cl)c2C)nnc1-c1cc(Cl)ccc1OC. The van der Waals surface area contributed by atoms with Gasteiger partial charge < -0.3 is 10.1 Å². The Bertz CT molecular complexity index is 1080. The van der Waals surface area contributed by atoms with Gasteiger partial charge in [0, 0.05) is 22.3 Å². The molecule has 0 radical (unpaired) electrons. The van der Waals surface area contributed by atoms with E-state index in [1.165, 1.54) is 11.8 Å². The molecule has 0 aliphatic rings. The number of rotatable bonds is 8. The van der Waals surface area contributed by atoms with E-state index in [1.807, 2.05) is 17.6 Å². The average Bonchev–Trinajstić information content (AvgIpc) is 3.12. The van der Waals surface area contributed by atoms with Gasteiger partial charge in [-0.25, -0.2) is 0 Å². The van der Waals surface area contributed by atoms with Crippen molar-refractivity contribution in [2.45, 2.75) is 18.6 Å². The Labute approximate surface area is 189 Å². The number of nitrogens with zero attached hydrogens (tertiary/aromatic N) is 3. The van der Waals surface area contributed by atoms with Crippen LogP contribution < -0.4 is 10.1 Å². The number of ether oxygens (including phenoxy) is 1. The van der Waals surface area contributed by atoms with Crippen LogP contribution in [0.5, 0.6) is 5.75 Å². The normalized spacial score (nSPS) is 10.7. The van der Waals surface area contributed by atoms with E-state index < -0.39 is 0 Å². The summed E-state index contributed by atoms with van der Waals surface area (Å²) in [6, 6.07) is 10.7. The van der Waals surface area contributed by atoms with Gasteiger partial charge in [0.15, 0.2) is 11.0 Å². The number of thioether (sulfide) groups is 1. The molecule has 6 nitrogen and oxygen atoms in total. The highest BCUT2D eigenvalue weighted by atomic mass is 35.5. The predicted molar refractivity (Wildman–Crippen MR) is 123 cm³/mol. The number of carbonyl (C=O) groups is 1. The molecule has 1 heterocycles. The molecule has 1 aromatic heterocycles. The van der Waals surface area contributed by atoms with Gasteiger partial charge in [-0.2, -0.15) is 0 Å². The van der Waals surface area contributed by atoms with E-state index >= 15 is 0 Å². The summed E-state index contributed by atoms with van der Waals surface area (Å²) in [5, 5.41) is 13.2. The minimum Gasteiger partial charge on any atom is -0.496 e. The average molecular weight is 463 g/mol. The second-order valence-electron chi connectivity index (χ2n) is 6.30. The summed E-state index contributed by atoms with van der Waals surface area (Å²) in [6.45, 7) is 6.13. The van der Waals surface area contributed by atoms with Crippen molar-refractivity contribution >= 4 is 46.6 Å². The number of halogens is 2. The molecule has 30 heavy (non-hydrogen) atoms. The summed E-state index contributed by atoms with van der Waals surface area (Å²) in [5.41, 5.74) is 2.22. The lowest BCUT2D eigenvalue weighted by Crippen LogP contribution is -2.15. The monoisotopic (exact) mass is 462 g/mol. The second kappa shape index (κ2) is 10.0. The highest BCUT2D eigenvalue weighted by Gasteiger charge is 2.18. The molecule has 0 spiro atoms. The van der Waals surface area contributed by atoms with Crippen LogP contribution in [0.3, 0.4) is 0 Å². The number of carbonyl (C=O) groups excluding carboxylic acids is 1. The van der Waals surface area contributed by atoms with Crippen LogP contribution in [0.4, 0.5) is 5.69 Å². The standard InChI is InChI=1S/C21H20Cl2N4O2S/c1-4-10-27-20(15-11-14(22)8-9-18(15)29-3)25-26-21(27)30-12-19(28)24-17-7-5-6-16(23)13(17)2/h4-9,11H,1,10,12H2,2-3H3,(H,24,28). The molecular weight excluding hydrogens is 443 g/mol. The number of benzene rings is 2. The molecule has 156 valence electrons. The molecular formula is C21H20Cl2N4O2S. The summed E-state index contributed by atoms with van der Waals surface area (Å²) in [7, 11) is 1.58. The van der Waals surface area contributed by atoms with E-state index in [1.54, 1.807) is 43.5 Å². The summed E-state index contributed by atoms with van der Waals surface area (Å²) < 4.78 is 7.30. The second-order valence-corrected chi connectivity index (χ2v) is 8.09. The largest absolute Gasteiger partial charge is 0.496 e. The molecule has 0 atom stereocenters. The van der Waals surface area contributed by atoms with E-state index in [0.717, 1.165) is 5.56 Å². The molecule has 1 amide bonds. The van der Waals surface area contributed by atoms with Crippen molar-refractivity contribution in [2.75, 3.05) is 18.2 Å². The van der Waals surface area contributed by atoms with E-state index in [0.29, 0.717) is 44.6 Å². The third-order valence-corrected chi connectivity index (χ3v) is 5.92. The van der Waals surface area contributed by atoms with Gasteiger partial charge in [0.1, 0.15) is 5.75 Å². The molecule has 9 heteroatoms. The van der Waals surface area contributed by atoms with Crippen molar-refractivity contribution < 1.29 is 9.53 Å². The molecule has 0 fully saturated rings. The van der Waals surface area contributed by atoms with E-state index in [2.05, 4.69) is 22.1 Å². The fourth-order valence-corrected chi connectivity index (χ4v) is 3.90. The molecule has 1 N–H and O–H groups in total. The Morgan fingerprint density at radius 3 is 2.83 bits per heavy atom. The minimum absolute atomic E-state index is 0.161. The van der Waals surface area contributed by atoms with Crippen molar-refractivity contribution in [2.24, 2.45) is 0 Å². The van der Waals surface area contributed by atoms with Crippen LogP contribution in [0.2, 0.25) is 10.0 Å². The summed E-state index contributed by atoms with van der Waals surface area (Å²) in [6.07, 6.45) is 1.74. The Kier molecular flexibility index (Phi) is 7.42. The molecule has 0 saturated carbocycles. The van der Waals surface area contributed by atoms with E-state index in [4.69, 9.17) is 27.9 Å². The predicted octanol–water partition coefficient (Wildman–Crippen LogP) is 5.49. The fourth-order valence-electron chi connectivity index (χ4n) is 2.80. The highest BCUT2D eigenvalue weighted by molar-refractivity contribution is 7.99. The van der Waals surface area contributed by atoms with Crippen molar-refractivity contribution in [3.63, 3.8) is 0 Å². The summed E-state index contributed by atoms with van der Waals surface area (Å²) in [5.74, 6) is 1.21. The zero-order valence-electron chi connectivity index (χ0n) is 16.5. The number of allylic oxidation sites excluding steroid dienone is 1. The Hall–Kier alpha value is -2.48. The van der Waals surface area contributed by atoms with Gasteiger partial charge in [-0.3, -0.25) is 9.36 Å². The van der Waals surface area contributed by atoms with Gasteiger partial charge in [0.25, 0.3) is 0 Å². The zero-order valence-corrected chi connectivity index (χ0v) is 18.8. The van der Waals surface area contributed by atoms with E-state index in [-0.39, 0.29) is 11.7 Å². The molecule has 3 rings (SSSR count). The molecule has 0 aliphatic heterocycles. The number of methoxy groups -OCH3 is 1. The van der Waals surface area contributed by atoms with Gasteiger partial charge in [-0.05, 0) is 42.8 Å². The van der Waals surface area contributed by atoms with Crippen LogP contribution in [-0.4, -0.2) is 33.5 Å². The lowest BCUT2D eigenvalue weighted by Gasteiger charge is -2.12. The van der Waals surface area contributed by atoms with E-state index in [9.17, 15) is 4.79 Å². The summed E-state index contributed by atoms with van der Waals surface area (Å²) in [4.78, 5) is 12.5. The first-order valence-electron chi connectivity index (χ1n) is 9.00. The van der Waals surface area contributed by atoms with Crippen molar-refractivity contribution in [3.8, 4) is 17.1 Å². The topological polar surface area (TPSA) is 69.0 Å². The van der Waals surface area contributed by atoms with Gasteiger partial charge in [-0.1, -0.05) is 47.1 Å². The molecule has 3 aromatic rings. The van der Waals surface area contributed by atoms with Crippen LogP contribution in [-0.2, 0) is 11.3 Å². The van der Waals surface area contributed by atoms with Crippen molar-refractivity contribution in [3.05, 3.63) is 64.7 Å². The highest BCUT2D eigenvalue weighted by Crippen LogP contribution is 2.33. The molecule has 2 aromatic carbocycles. The van der Waals surface area contributed by atoms with Gasteiger partial charge in [0.2, 0.25) is 5.91 Å². The summed E-state index contributed by atoms with van der Waals surface area (Å²) >= 11 is 13.6. The van der Waals surface area contributed by atoms with Crippen LogP contribution >= 0.6 is 35.0 Å². The van der Waals surface area contributed by atoms with Crippen LogP contribution in [0.15, 0.2) is 54.2 Å². The number of nitrogens with one attached hydrogen (secondary N) is 1. The van der Waals surface area contributed by atoms with Gasteiger partial charge in [0.05, 0.1) is 18.4 Å². The number of hydrogen-bond acceptors (Lipinski definition) is 5. The Morgan fingerprint density at radius 2 is 2.10 bits per heavy atom. The lowest BCUT2D eigenvalue weighted by molar-refractivity contribution is -0.113. The molecule has 0 aliphatic carbocycles. The number of hydrogen-bond donors (Lipinski definition) is 1. The molecule has 0 bridgehead atoms. The van der Waals surface area contributed by atoms with Crippen LogP contribution in [0, 0.1) is 6.92 Å². The Morgan fingerprint density at radius 1 is 1.30 bits per heavy atom. The maximum Gasteiger partial charge on any atom is 0.234 e. The minimum atomic E-state index is -0.166. The molecule has 0 saturated heterocycles.